The molecule has 4 heterocycles. The Morgan fingerprint density at radius 2 is 1.90 bits per heavy atom. The number of hydrogen-bond donors (Lipinski definition) is 1. The van der Waals surface area contributed by atoms with Crippen molar-refractivity contribution in [2.75, 3.05) is 13.2 Å². The van der Waals surface area contributed by atoms with Gasteiger partial charge in [0.25, 0.3) is 0 Å². The van der Waals surface area contributed by atoms with E-state index in [-0.39, 0.29) is 36.5 Å². The lowest BCUT2D eigenvalue weighted by Gasteiger charge is -2.46. The van der Waals surface area contributed by atoms with Crippen LogP contribution in [0.3, 0.4) is 0 Å². The number of aliphatic hydroxyl groups is 1. The minimum atomic E-state index is -0.923. The van der Waals surface area contributed by atoms with Crippen LogP contribution in [0.1, 0.15) is 48.6 Å². The molecule has 2 aromatic heterocycles. The maximum atomic E-state index is 13.4. The fourth-order valence-electron chi connectivity index (χ4n) is 5.39. The van der Waals surface area contributed by atoms with Crippen molar-refractivity contribution in [2.24, 2.45) is 11.8 Å². The number of carbonyl (C=O) groups is 4. The lowest BCUT2D eigenvalue weighted by molar-refractivity contribution is -0.164. The second kappa shape index (κ2) is 10.9. The van der Waals surface area contributed by atoms with E-state index in [0.29, 0.717) is 33.1 Å². The summed E-state index contributed by atoms with van der Waals surface area (Å²) in [6, 6.07) is 6.68. The summed E-state index contributed by atoms with van der Waals surface area (Å²) < 4.78 is 17.5. The third-order valence-corrected chi connectivity index (χ3v) is 8.40. The molecule has 0 bridgehead atoms. The van der Waals surface area contributed by atoms with Crippen molar-refractivity contribution in [1.29, 1.82) is 0 Å². The SMILES string of the molecule is CCc1ccccc1OC(=O)OCCOC(=O)C1=C(c2cn3cnc(C(C)=O)c3s2)[C@H](C)[C@@H]2[C@@H]([C@@H](C)O)C(=O)N12. The quantitative estimate of drug-likeness (QED) is 0.135. The molecule has 5 rings (SSSR count). The summed E-state index contributed by atoms with van der Waals surface area (Å²) in [5.74, 6) is -1.85. The van der Waals surface area contributed by atoms with E-state index in [1.54, 1.807) is 29.7 Å². The number of aromatic nitrogens is 2. The van der Waals surface area contributed by atoms with E-state index in [2.05, 4.69) is 4.98 Å². The summed E-state index contributed by atoms with van der Waals surface area (Å²) in [7, 11) is 0. The Balaban J connectivity index is 1.33. The van der Waals surface area contributed by atoms with Gasteiger partial charge in [-0.05, 0) is 25.0 Å². The summed E-state index contributed by atoms with van der Waals surface area (Å²) in [5.41, 5.74) is 1.84. The van der Waals surface area contributed by atoms with Crippen molar-refractivity contribution in [3.63, 3.8) is 0 Å². The number of imidazole rings is 1. The summed E-state index contributed by atoms with van der Waals surface area (Å²) in [4.78, 5) is 57.4. The molecule has 0 aliphatic carbocycles. The smallest absolute Gasteiger partial charge is 0.457 e. The van der Waals surface area contributed by atoms with Crippen molar-refractivity contribution in [1.82, 2.24) is 14.3 Å². The van der Waals surface area contributed by atoms with Gasteiger partial charge in [-0.15, -0.1) is 11.3 Å². The molecule has 0 spiro atoms. The molecule has 0 saturated carbocycles. The molecule has 1 saturated heterocycles. The lowest BCUT2D eigenvalue weighted by atomic mass is 9.77. The van der Waals surface area contributed by atoms with Crippen molar-refractivity contribution < 1.29 is 38.5 Å². The number of aliphatic hydroxyl groups excluding tert-OH is 1. The van der Waals surface area contributed by atoms with E-state index in [4.69, 9.17) is 14.2 Å². The highest BCUT2D eigenvalue weighted by atomic mass is 32.1. The van der Waals surface area contributed by atoms with Crippen LogP contribution in [0.5, 0.6) is 5.75 Å². The molecule has 12 heteroatoms. The van der Waals surface area contributed by atoms with Gasteiger partial charge >= 0.3 is 12.1 Å². The van der Waals surface area contributed by atoms with Gasteiger partial charge in [-0.2, -0.15) is 0 Å². The van der Waals surface area contributed by atoms with Gasteiger partial charge in [-0.3, -0.25) is 14.0 Å². The molecule has 1 amide bonds. The summed E-state index contributed by atoms with van der Waals surface area (Å²) in [6.45, 7) is 6.31. The Morgan fingerprint density at radius 3 is 2.60 bits per heavy atom. The number of para-hydroxylation sites is 1. The number of thiazole rings is 1. The first-order valence-corrected chi connectivity index (χ1v) is 13.8. The van der Waals surface area contributed by atoms with Crippen LogP contribution in [-0.2, 0) is 25.5 Å². The molecule has 1 fully saturated rings. The fourth-order valence-corrected chi connectivity index (χ4v) is 6.66. The third-order valence-electron chi connectivity index (χ3n) is 7.26. The van der Waals surface area contributed by atoms with Crippen LogP contribution in [-0.4, -0.2) is 68.6 Å². The molecule has 1 aromatic carbocycles. The minimum absolute atomic E-state index is 0.0840. The Morgan fingerprint density at radius 1 is 1.18 bits per heavy atom. The number of nitrogens with zero attached hydrogens (tertiary/aromatic N) is 3. The maximum Gasteiger partial charge on any atom is 0.513 e. The van der Waals surface area contributed by atoms with Crippen LogP contribution in [0.25, 0.3) is 10.4 Å². The number of Topliss-reactive ketones (excluding diaryl/α,β-unsaturated/α-hetero) is 1. The molecule has 2 aliphatic heterocycles. The normalized spacial score (nSPS) is 20.8. The minimum Gasteiger partial charge on any atom is -0.457 e. The van der Waals surface area contributed by atoms with Crippen LogP contribution in [0.15, 0.2) is 42.5 Å². The fraction of sp³-hybridized carbons (Fsp3) is 0.393. The standard InChI is InChI=1S/C28H29N3O8S/c1-5-17-8-6-7-9-18(17)39-28(36)38-11-10-37-27(35)24-20(14(2)23-21(15(3)32)25(34)31(23)24)19-12-30-13-29-22(16(4)33)26(30)40-19/h6-9,12-15,21,23,32H,5,10-11H2,1-4H3/t14-,15+,21+,23+/m0/s1. The van der Waals surface area contributed by atoms with E-state index >= 15 is 0 Å². The van der Waals surface area contributed by atoms with E-state index in [9.17, 15) is 24.3 Å². The first kappa shape index (κ1) is 27.5. The molecule has 0 radical (unpaired) electrons. The van der Waals surface area contributed by atoms with E-state index in [1.807, 2.05) is 26.0 Å². The van der Waals surface area contributed by atoms with Gasteiger partial charge in [0.1, 0.15) is 41.5 Å². The highest BCUT2D eigenvalue weighted by molar-refractivity contribution is 7.18. The van der Waals surface area contributed by atoms with Crippen LogP contribution < -0.4 is 4.74 Å². The predicted octanol–water partition coefficient (Wildman–Crippen LogP) is 3.49. The average Bonchev–Trinajstić information content (AvgIpc) is 3.56. The molecule has 2 aliphatic rings. The molecule has 0 unspecified atom stereocenters. The Hall–Kier alpha value is -4.03. The van der Waals surface area contributed by atoms with Crippen LogP contribution in [0.2, 0.25) is 0 Å². The molecule has 210 valence electrons. The largest absolute Gasteiger partial charge is 0.513 e. The zero-order valence-corrected chi connectivity index (χ0v) is 23.3. The third kappa shape index (κ3) is 4.66. The van der Waals surface area contributed by atoms with Crippen molar-refractivity contribution in [2.45, 2.75) is 46.3 Å². The molecule has 4 atom stereocenters. The lowest BCUT2D eigenvalue weighted by Crippen LogP contribution is -2.63. The number of rotatable bonds is 9. The topological polar surface area (TPSA) is 137 Å². The molecule has 1 N–H and O–H groups in total. The van der Waals surface area contributed by atoms with Gasteiger partial charge in [0.05, 0.1) is 22.9 Å². The van der Waals surface area contributed by atoms with Crippen molar-refractivity contribution in [3.8, 4) is 5.75 Å². The number of ether oxygens (including phenoxy) is 3. The van der Waals surface area contributed by atoms with Gasteiger partial charge in [0.2, 0.25) is 5.91 Å². The number of amides is 1. The number of hydrogen-bond acceptors (Lipinski definition) is 10. The summed E-state index contributed by atoms with van der Waals surface area (Å²) in [5, 5.41) is 10.2. The number of β-lactam (4-membered cyclic amide) rings is 1. The van der Waals surface area contributed by atoms with Gasteiger partial charge in [-0.25, -0.2) is 14.6 Å². The Bertz CT molecular complexity index is 1540. The first-order chi connectivity index (χ1) is 19.1. The zero-order chi connectivity index (χ0) is 28.7. The predicted molar refractivity (Wildman–Crippen MR) is 144 cm³/mol. The zero-order valence-electron chi connectivity index (χ0n) is 22.4. The first-order valence-electron chi connectivity index (χ1n) is 13.0. The monoisotopic (exact) mass is 567 g/mol. The molecular weight excluding hydrogens is 538 g/mol. The Kier molecular flexibility index (Phi) is 7.47. The number of carbonyl (C=O) groups excluding carboxylic acids is 4. The molecule has 11 nitrogen and oxygen atoms in total. The number of ketones is 1. The van der Waals surface area contributed by atoms with Crippen LogP contribution in [0.4, 0.5) is 4.79 Å². The van der Waals surface area contributed by atoms with Gasteiger partial charge in [0.15, 0.2) is 5.78 Å². The van der Waals surface area contributed by atoms with Crippen molar-refractivity contribution in [3.05, 3.63) is 58.6 Å². The number of fused-ring (bicyclic) bond motifs is 2. The number of benzene rings is 1. The van der Waals surface area contributed by atoms with Crippen molar-refractivity contribution >= 4 is 45.6 Å². The van der Waals surface area contributed by atoms with Crippen LogP contribution >= 0.6 is 11.3 Å². The molecular formula is C28H29N3O8S. The molecule has 3 aromatic rings. The van der Waals surface area contributed by atoms with Gasteiger partial charge in [0, 0.05) is 24.6 Å². The Labute approximate surface area is 234 Å². The second-order valence-electron chi connectivity index (χ2n) is 9.77. The summed E-state index contributed by atoms with van der Waals surface area (Å²) >= 11 is 1.29. The van der Waals surface area contributed by atoms with Gasteiger partial charge < -0.3 is 24.2 Å². The second-order valence-corrected chi connectivity index (χ2v) is 10.8. The average molecular weight is 568 g/mol. The van der Waals surface area contributed by atoms with E-state index in [0.717, 1.165) is 5.56 Å². The van der Waals surface area contributed by atoms with Crippen LogP contribution in [0, 0.1) is 11.8 Å². The van der Waals surface area contributed by atoms with Gasteiger partial charge in [-0.1, -0.05) is 32.0 Å². The van der Waals surface area contributed by atoms with E-state index < -0.39 is 30.2 Å². The highest BCUT2D eigenvalue weighted by Crippen LogP contribution is 2.51. The number of aryl methyl sites for hydroxylation is 1. The maximum absolute atomic E-state index is 13.4. The number of esters is 1. The molecule has 40 heavy (non-hydrogen) atoms. The highest BCUT2D eigenvalue weighted by Gasteiger charge is 2.60. The van der Waals surface area contributed by atoms with E-state index in [1.165, 1.54) is 29.5 Å². The summed E-state index contributed by atoms with van der Waals surface area (Å²) in [6.07, 6.45) is 2.15.